The molecule has 2 heterocycles. The molecule has 2 aromatic carbocycles. The van der Waals surface area contributed by atoms with E-state index in [4.69, 9.17) is 4.74 Å². The normalized spacial score (nSPS) is 11.5. The number of aromatic amines is 1. The second kappa shape index (κ2) is 8.65. The van der Waals surface area contributed by atoms with Crippen molar-refractivity contribution in [3.8, 4) is 11.4 Å². The molecule has 160 valence electrons. The van der Waals surface area contributed by atoms with Crippen LogP contribution in [0.25, 0.3) is 22.6 Å². The number of fused-ring (bicyclic) bond motifs is 1. The van der Waals surface area contributed by atoms with Crippen molar-refractivity contribution in [3.05, 3.63) is 86.6 Å². The first kappa shape index (κ1) is 20.7. The lowest BCUT2D eigenvalue weighted by molar-refractivity contribution is 0.151. The average Bonchev–Trinajstić information content (AvgIpc) is 3.15. The fourth-order valence-corrected chi connectivity index (χ4v) is 3.48. The molecule has 9 heteroatoms. The van der Waals surface area contributed by atoms with Crippen LogP contribution in [0.5, 0.6) is 0 Å². The molecule has 0 aliphatic carbocycles. The Kier molecular flexibility index (Phi) is 5.77. The number of halogens is 2. The number of hydrogen-bond donors (Lipinski definition) is 1. The molecule has 7 nitrogen and oxygen atoms in total. The van der Waals surface area contributed by atoms with E-state index >= 15 is 0 Å². The molecular formula is C22H20F2N4O3. The first-order valence-corrected chi connectivity index (χ1v) is 9.64. The van der Waals surface area contributed by atoms with Gasteiger partial charge in [0.2, 0.25) is 0 Å². The van der Waals surface area contributed by atoms with Crippen molar-refractivity contribution < 1.29 is 13.5 Å². The molecule has 4 aromatic rings. The number of ether oxygens (including phenoxy) is 1. The van der Waals surface area contributed by atoms with Crippen LogP contribution in [0.2, 0.25) is 0 Å². The summed E-state index contributed by atoms with van der Waals surface area (Å²) in [5.41, 5.74) is 0.618. The van der Waals surface area contributed by atoms with Crippen LogP contribution in [-0.4, -0.2) is 32.8 Å². The standard InChI is InChI=1S/C22H20F2N4O3/c1-31-12-11-27-17-20(25-19(27)16-9-7-15(8-10-16)18(23)24)28(22(30)26-21(17)29)13-14-5-3-2-4-6-14/h2-10,18H,11-13H2,1H3,(H,26,29,30). The summed E-state index contributed by atoms with van der Waals surface area (Å²) in [7, 11) is 1.53. The number of methoxy groups -OCH3 is 1. The highest BCUT2D eigenvalue weighted by molar-refractivity contribution is 5.77. The minimum atomic E-state index is -2.58. The molecule has 0 aliphatic rings. The van der Waals surface area contributed by atoms with E-state index in [0.29, 0.717) is 24.5 Å². The molecule has 0 aliphatic heterocycles. The average molecular weight is 426 g/mol. The van der Waals surface area contributed by atoms with Crippen LogP contribution < -0.4 is 11.2 Å². The largest absolute Gasteiger partial charge is 0.383 e. The van der Waals surface area contributed by atoms with E-state index < -0.39 is 17.7 Å². The number of hydrogen-bond acceptors (Lipinski definition) is 4. The van der Waals surface area contributed by atoms with Gasteiger partial charge >= 0.3 is 5.69 Å². The van der Waals surface area contributed by atoms with Gasteiger partial charge in [-0.15, -0.1) is 0 Å². The Bertz CT molecular complexity index is 1310. The molecule has 2 aromatic heterocycles. The Hall–Kier alpha value is -3.59. The van der Waals surface area contributed by atoms with E-state index in [9.17, 15) is 18.4 Å². The van der Waals surface area contributed by atoms with Crippen LogP contribution in [0.3, 0.4) is 0 Å². The highest BCUT2D eigenvalue weighted by Crippen LogP contribution is 2.26. The Labute approximate surface area is 175 Å². The molecule has 0 amide bonds. The third-order valence-electron chi connectivity index (χ3n) is 5.01. The second-order valence-corrected chi connectivity index (χ2v) is 7.01. The van der Waals surface area contributed by atoms with Crippen LogP contribution in [0.15, 0.2) is 64.2 Å². The number of nitrogens with one attached hydrogen (secondary N) is 1. The van der Waals surface area contributed by atoms with Crippen molar-refractivity contribution in [3.63, 3.8) is 0 Å². The molecule has 0 bridgehead atoms. The highest BCUT2D eigenvalue weighted by Gasteiger charge is 2.20. The molecular weight excluding hydrogens is 406 g/mol. The molecule has 31 heavy (non-hydrogen) atoms. The number of aromatic nitrogens is 4. The summed E-state index contributed by atoms with van der Waals surface area (Å²) >= 11 is 0. The van der Waals surface area contributed by atoms with Gasteiger partial charge < -0.3 is 9.30 Å². The number of rotatable bonds is 7. The highest BCUT2D eigenvalue weighted by atomic mass is 19.3. The number of benzene rings is 2. The maximum Gasteiger partial charge on any atom is 0.330 e. The minimum absolute atomic E-state index is 0.109. The number of alkyl halides is 2. The fourth-order valence-electron chi connectivity index (χ4n) is 3.48. The number of H-pyrrole nitrogens is 1. The van der Waals surface area contributed by atoms with E-state index in [2.05, 4.69) is 9.97 Å². The van der Waals surface area contributed by atoms with Gasteiger partial charge in [0.1, 0.15) is 5.82 Å². The third-order valence-corrected chi connectivity index (χ3v) is 5.01. The predicted molar refractivity (Wildman–Crippen MR) is 112 cm³/mol. The van der Waals surface area contributed by atoms with Crippen LogP contribution in [-0.2, 0) is 17.8 Å². The quantitative estimate of drug-likeness (QED) is 0.492. The Balaban J connectivity index is 1.93. The van der Waals surface area contributed by atoms with Gasteiger partial charge in [-0.25, -0.2) is 18.6 Å². The van der Waals surface area contributed by atoms with Crippen molar-refractivity contribution in [1.82, 2.24) is 19.1 Å². The van der Waals surface area contributed by atoms with Gasteiger partial charge in [-0.05, 0) is 5.56 Å². The molecule has 0 atom stereocenters. The zero-order valence-electron chi connectivity index (χ0n) is 16.7. The second-order valence-electron chi connectivity index (χ2n) is 7.01. The summed E-state index contributed by atoms with van der Waals surface area (Å²) in [4.78, 5) is 32.3. The van der Waals surface area contributed by atoms with Crippen molar-refractivity contribution >= 4 is 11.2 Å². The molecule has 0 radical (unpaired) electrons. The lowest BCUT2D eigenvalue weighted by Crippen LogP contribution is -2.31. The van der Waals surface area contributed by atoms with Gasteiger partial charge in [-0.1, -0.05) is 54.6 Å². The van der Waals surface area contributed by atoms with E-state index in [-0.39, 0.29) is 23.3 Å². The minimum Gasteiger partial charge on any atom is -0.383 e. The van der Waals surface area contributed by atoms with Gasteiger partial charge in [-0.2, -0.15) is 0 Å². The summed E-state index contributed by atoms with van der Waals surface area (Å²) in [5, 5.41) is 0. The SMILES string of the molecule is COCCn1c(-c2ccc(C(F)F)cc2)nc2c1c(=O)[nH]c(=O)n2Cc1ccccc1. The maximum atomic E-state index is 13.0. The maximum absolute atomic E-state index is 13.0. The topological polar surface area (TPSA) is 81.9 Å². The van der Waals surface area contributed by atoms with Gasteiger partial charge in [-0.3, -0.25) is 14.3 Å². The number of imidazole rings is 1. The summed E-state index contributed by atoms with van der Waals surface area (Å²) in [6, 6.07) is 15.0. The molecule has 0 unspecified atom stereocenters. The van der Waals surface area contributed by atoms with E-state index in [1.807, 2.05) is 30.3 Å². The molecule has 1 N–H and O–H groups in total. The molecule has 0 saturated carbocycles. The van der Waals surface area contributed by atoms with Gasteiger partial charge in [0.25, 0.3) is 12.0 Å². The third kappa shape index (κ3) is 4.04. The first-order valence-electron chi connectivity index (χ1n) is 9.64. The van der Waals surface area contributed by atoms with E-state index in [1.165, 1.54) is 35.9 Å². The molecule has 0 spiro atoms. The predicted octanol–water partition coefficient (Wildman–Crippen LogP) is 3.19. The monoisotopic (exact) mass is 426 g/mol. The summed E-state index contributed by atoms with van der Waals surface area (Å²) in [6.45, 7) is 0.814. The van der Waals surface area contributed by atoms with E-state index in [1.54, 1.807) is 4.57 Å². The van der Waals surface area contributed by atoms with Crippen molar-refractivity contribution in [2.24, 2.45) is 0 Å². The summed E-state index contributed by atoms with van der Waals surface area (Å²) < 4.78 is 34.1. The Morgan fingerprint density at radius 1 is 1.03 bits per heavy atom. The molecule has 0 fully saturated rings. The van der Waals surface area contributed by atoms with Gasteiger partial charge in [0, 0.05) is 24.8 Å². The van der Waals surface area contributed by atoms with Gasteiger partial charge in [0.15, 0.2) is 11.2 Å². The van der Waals surface area contributed by atoms with Crippen LogP contribution in [0, 0.1) is 0 Å². The van der Waals surface area contributed by atoms with Crippen LogP contribution >= 0.6 is 0 Å². The Morgan fingerprint density at radius 2 is 1.74 bits per heavy atom. The Morgan fingerprint density at radius 3 is 2.39 bits per heavy atom. The molecule has 4 rings (SSSR count). The summed E-state index contributed by atoms with van der Waals surface area (Å²) in [5.74, 6) is 0.394. The van der Waals surface area contributed by atoms with Crippen molar-refractivity contribution in [1.29, 1.82) is 0 Å². The smallest absolute Gasteiger partial charge is 0.330 e. The van der Waals surface area contributed by atoms with Crippen LogP contribution in [0.1, 0.15) is 17.6 Å². The van der Waals surface area contributed by atoms with Crippen molar-refractivity contribution in [2.45, 2.75) is 19.5 Å². The lowest BCUT2D eigenvalue weighted by Gasteiger charge is -2.09. The molecule has 0 saturated heterocycles. The van der Waals surface area contributed by atoms with E-state index in [0.717, 1.165) is 5.56 Å². The lowest BCUT2D eigenvalue weighted by atomic mass is 10.1. The van der Waals surface area contributed by atoms with Gasteiger partial charge in [0.05, 0.1) is 13.2 Å². The summed E-state index contributed by atoms with van der Waals surface area (Å²) in [6.07, 6.45) is -2.58. The number of nitrogens with zero attached hydrogens (tertiary/aromatic N) is 3. The zero-order chi connectivity index (χ0) is 22.0. The van der Waals surface area contributed by atoms with Crippen LogP contribution in [0.4, 0.5) is 8.78 Å². The zero-order valence-corrected chi connectivity index (χ0v) is 16.7. The first-order chi connectivity index (χ1) is 15.0. The fraction of sp³-hybridized carbons (Fsp3) is 0.227. The van der Waals surface area contributed by atoms with Crippen molar-refractivity contribution in [2.75, 3.05) is 13.7 Å².